The Morgan fingerprint density at radius 2 is 1.86 bits per heavy atom. The number of hydrogen-bond acceptors (Lipinski definition) is 4. The van der Waals surface area contributed by atoms with Crippen LogP contribution in [-0.2, 0) is 14.8 Å². The lowest BCUT2D eigenvalue weighted by atomic mass is 10.1. The van der Waals surface area contributed by atoms with E-state index in [2.05, 4.69) is 5.32 Å². The topological polar surface area (TPSA) is 86.7 Å². The van der Waals surface area contributed by atoms with Crippen LogP contribution in [0.4, 0.5) is 4.39 Å². The van der Waals surface area contributed by atoms with E-state index in [1.54, 1.807) is 0 Å². The fourth-order valence-corrected chi connectivity index (χ4v) is 3.96. The molecule has 1 fully saturated rings. The summed E-state index contributed by atoms with van der Waals surface area (Å²) < 4.78 is 39.2. The van der Waals surface area contributed by atoms with E-state index >= 15 is 0 Å². The second-order valence-electron chi connectivity index (χ2n) is 5.31. The predicted octanol–water partition coefficient (Wildman–Crippen LogP) is 0.476. The van der Waals surface area contributed by atoms with Crippen molar-refractivity contribution in [2.24, 2.45) is 0 Å². The molecule has 122 valence electrons. The second-order valence-corrected chi connectivity index (χ2v) is 7.25. The molecule has 0 bridgehead atoms. The summed E-state index contributed by atoms with van der Waals surface area (Å²) in [6, 6.07) is 4.17. The first-order chi connectivity index (χ1) is 10.3. The molecule has 0 aromatic heterocycles. The highest BCUT2D eigenvalue weighted by atomic mass is 32.2. The molecule has 2 rings (SSSR count). The van der Waals surface area contributed by atoms with Crippen molar-refractivity contribution in [2.75, 3.05) is 13.1 Å². The minimum Gasteiger partial charge on any atom is -0.391 e. The number of amides is 1. The van der Waals surface area contributed by atoms with Gasteiger partial charge in [0, 0.05) is 20.0 Å². The Balaban J connectivity index is 2.15. The van der Waals surface area contributed by atoms with Crippen LogP contribution in [-0.4, -0.2) is 49.0 Å². The Morgan fingerprint density at radius 1 is 1.27 bits per heavy atom. The van der Waals surface area contributed by atoms with Gasteiger partial charge >= 0.3 is 0 Å². The molecular weight excluding hydrogens is 311 g/mol. The number of hydrogen-bond donors (Lipinski definition) is 2. The van der Waals surface area contributed by atoms with Crippen LogP contribution in [0.1, 0.15) is 19.8 Å². The molecule has 0 saturated carbocycles. The van der Waals surface area contributed by atoms with Crippen LogP contribution in [0.3, 0.4) is 0 Å². The maximum absolute atomic E-state index is 12.9. The van der Waals surface area contributed by atoms with E-state index in [0.29, 0.717) is 6.42 Å². The van der Waals surface area contributed by atoms with E-state index in [1.165, 1.54) is 23.4 Å². The van der Waals surface area contributed by atoms with Crippen LogP contribution in [0.2, 0.25) is 0 Å². The van der Waals surface area contributed by atoms with Crippen molar-refractivity contribution in [3.8, 4) is 0 Å². The van der Waals surface area contributed by atoms with Gasteiger partial charge in [-0.25, -0.2) is 12.8 Å². The first-order valence-electron chi connectivity index (χ1n) is 7.01. The summed E-state index contributed by atoms with van der Waals surface area (Å²) in [5.41, 5.74) is 0. The lowest BCUT2D eigenvalue weighted by Crippen LogP contribution is -2.42. The van der Waals surface area contributed by atoms with Gasteiger partial charge in [0.1, 0.15) is 5.82 Å². The molecule has 8 heteroatoms. The van der Waals surface area contributed by atoms with Crippen LogP contribution in [0.25, 0.3) is 0 Å². The third kappa shape index (κ3) is 3.82. The quantitative estimate of drug-likeness (QED) is 0.844. The van der Waals surface area contributed by atoms with Gasteiger partial charge in [-0.2, -0.15) is 4.31 Å². The Bertz CT molecular complexity index is 633. The number of nitrogens with zero attached hydrogens (tertiary/aromatic N) is 1. The molecule has 1 aliphatic heterocycles. The average molecular weight is 330 g/mol. The first-order valence-corrected chi connectivity index (χ1v) is 8.45. The third-order valence-electron chi connectivity index (χ3n) is 3.67. The maximum Gasteiger partial charge on any atom is 0.243 e. The highest BCUT2D eigenvalue weighted by Crippen LogP contribution is 2.21. The number of carbonyl (C=O) groups excluding carboxylic acids is 1. The van der Waals surface area contributed by atoms with Gasteiger partial charge in [-0.3, -0.25) is 4.79 Å². The molecule has 2 N–H and O–H groups in total. The van der Waals surface area contributed by atoms with Crippen molar-refractivity contribution in [3.05, 3.63) is 30.1 Å². The van der Waals surface area contributed by atoms with Gasteiger partial charge in [0.15, 0.2) is 0 Å². The molecule has 1 aromatic carbocycles. The summed E-state index contributed by atoms with van der Waals surface area (Å²) in [5, 5.41) is 12.6. The standard InChI is InChI=1S/C14H19FN2O4S/c1-10(18)16-13-6-8-17(9-7-14(13)19)22(20,21)12-4-2-11(15)3-5-12/h2-5,13-14,19H,6-9H2,1H3,(H,16,18)/t13-,14-/m0/s1. The molecule has 0 aliphatic carbocycles. The summed E-state index contributed by atoms with van der Waals surface area (Å²) in [4.78, 5) is 11.1. The first kappa shape index (κ1) is 16.9. The summed E-state index contributed by atoms with van der Waals surface area (Å²) >= 11 is 0. The zero-order chi connectivity index (χ0) is 16.3. The number of rotatable bonds is 3. The SMILES string of the molecule is CC(=O)N[C@H]1CCN(S(=O)(=O)c2ccc(F)cc2)CC[C@@H]1O. The molecule has 1 saturated heterocycles. The number of nitrogens with one attached hydrogen (secondary N) is 1. The van der Waals surface area contributed by atoms with Crippen molar-refractivity contribution in [1.29, 1.82) is 0 Å². The molecule has 6 nitrogen and oxygen atoms in total. The molecule has 1 aromatic rings. The van der Waals surface area contributed by atoms with Crippen molar-refractivity contribution in [2.45, 2.75) is 36.8 Å². The van der Waals surface area contributed by atoms with E-state index < -0.39 is 28.0 Å². The molecular formula is C14H19FN2O4S. The number of halogens is 1. The molecule has 1 aliphatic rings. The summed E-state index contributed by atoms with van der Waals surface area (Å²) in [5.74, 6) is -0.769. The number of benzene rings is 1. The number of carbonyl (C=O) groups is 1. The molecule has 1 amide bonds. The van der Waals surface area contributed by atoms with Gasteiger partial charge in [0.2, 0.25) is 15.9 Å². The van der Waals surface area contributed by atoms with Gasteiger partial charge in [-0.1, -0.05) is 0 Å². The number of aliphatic hydroxyl groups is 1. The average Bonchev–Trinajstić information content (AvgIpc) is 2.62. The Labute approximate surface area is 129 Å². The maximum atomic E-state index is 12.9. The van der Waals surface area contributed by atoms with Gasteiger partial charge in [-0.05, 0) is 37.1 Å². The third-order valence-corrected chi connectivity index (χ3v) is 5.58. The summed E-state index contributed by atoms with van der Waals surface area (Å²) in [7, 11) is -3.73. The number of aliphatic hydroxyl groups excluding tert-OH is 1. The minimum absolute atomic E-state index is 0.0152. The molecule has 2 atom stereocenters. The van der Waals surface area contributed by atoms with Crippen LogP contribution in [0.5, 0.6) is 0 Å². The Hall–Kier alpha value is -1.51. The second kappa shape index (κ2) is 6.72. The monoisotopic (exact) mass is 330 g/mol. The molecule has 0 unspecified atom stereocenters. The molecule has 0 spiro atoms. The Morgan fingerprint density at radius 3 is 2.45 bits per heavy atom. The zero-order valence-electron chi connectivity index (χ0n) is 12.2. The van der Waals surface area contributed by atoms with Gasteiger partial charge in [-0.15, -0.1) is 0 Å². The highest BCUT2D eigenvalue weighted by molar-refractivity contribution is 7.89. The predicted molar refractivity (Wildman–Crippen MR) is 78.0 cm³/mol. The fourth-order valence-electron chi connectivity index (χ4n) is 2.49. The van der Waals surface area contributed by atoms with Crippen LogP contribution >= 0.6 is 0 Å². The lowest BCUT2D eigenvalue weighted by molar-refractivity contribution is -0.120. The normalized spacial score (nSPS) is 23.8. The summed E-state index contributed by atoms with van der Waals surface area (Å²) in [6.07, 6.45) is -0.246. The van der Waals surface area contributed by atoms with Crippen LogP contribution in [0.15, 0.2) is 29.2 Å². The van der Waals surface area contributed by atoms with Crippen molar-refractivity contribution >= 4 is 15.9 Å². The van der Waals surface area contributed by atoms with E-state index in [4.69, 9.17) is 0 Å². The Kier molecular flexibility index (Phi) is 5.15. The van der Waals surface area contributed by atoms with Crippen LogP contribution < -0.4 is 5.32 Å². The van der Waals surface area contributed by atoms with E-state index in [-0.39, 0.29) is 30.3 Å². The van der Waals surface area contributed by atoms with E-state index in [1.807, 2.05) is 0 Å². The molecule has 0 radical (unpaired) electrons. The van der Waals surface area contributed by atoms with E-state index in [9.17, 15) is 22.7 Å². The van der Waals surface area contributed by atoms with Gasteiger partial charge < -0.3 is 10.4 Å². The van der Waals surface area contributed by atoms with Crippen molar-refractivity contribution in [1.82, 2.24) is 9.62 Å². The highest BCUT2D eigenvalue weighted by Gasteiger charge is 2.31. The van der Waals surface area contributed by atoms with Crippen molar-refractivity contribution in [3.63, 3.8) is 0 Å². The molecule has 22 heavy (non-hydrogen) atoms. The smallest absolute Gasteiger partial charge is 0.243 e. The largest absolute Gasteiger partial charge is 0.391 e. The lowest BCUT2D eigenvalue weighted by Gasteiger charge is -2.20. The van der Waals surface area contributed by atoms with Crippen LogP contribution in [0, 0.1) is 5.82 Å². The zero-order valence-corrected chi connectivity index (χ0v) is 13.0. The number of sulfonamides is 1. The fraction of sp³-hybridized carbons (Fsp3) is 0.500. The summed E-state index contributed by atoms with van der Waals surface area (Å²) in [6.45, 7) is 1.68. The van der Waals surface area contributed by atoms with E-state index in [0.717, 1.165) is 12.1 Å². The minimum atomic E-state index is -3.73. The van der Waals surface area contributed by atoms with Gasteiger partial charge in [0.05, 0.1) is 17.0 Å². The molecule has 1 heterocycles. The van der Waals surface area contributed by atoms with Crippen molar-refractivity contribution < 1.29 is 22.7 Å². The van der Waals surface area contributed by atoms with Gasteiger partial charge in [0.25, 0.3) is 0 Å².